The van der Waals surface area contributed by atoms with Crippen LogP contribution in [-0.4, -0.2) is 43.5 Å². The predicted molar refractivity (Wildman–Crippen MR) is 69.9 cm³/mol. The van der Waals surface area contributed by atoms with E-state index >= 15 is 0 Å². The number of anilines is 1. The van der Waals surface area contributed by atoms with Gasteiger partial charge in [-0.1, -0.05) is 0 Å². The largest absolute Gasteiger partial charge is 0.381 e. The molecule has 2 aliphatic rings. The van der Waals surface area contributed by atoms with E-state index in [2.05, 4.69) is 16.0 Å². The monoisotopic (exact) mass is 259 g/mol. The third kappa shape index (κ3) is 2.42. The first kappa shape index (κ1) is 12.4. The van der Waals surface area contributed by atoms with Crippen LogP contribution in [0.4, 0.5) is 5.82 Å². The maximum Gasteiger partial charge on any atom is 0.146 e. The molecule has 1 spiro atoms. The van der Waals surface area contributed by atoms with Crippen LogP contribution in [0.25, 0.3) is 0 Å². The highest BCUT2D eigenvalue weighted by molar-refractivity contribution is 5.54. The third-order valence-electron chi connectivity index (χ3n) is 3.86. The molecule has 2 fully saturated rings. The molecule has 2 saturated heterocycles. The lowest BCUT2D eigenvalue weighted by Gasteiger charge is -2.45. The first-order valence-corrected chi connectivity index (χ1v) is 6.65. The Morgan fingerprint density at radius 3 is 2.95 bits per heavy atom. The Labute approximate surface area is 112 Å². The van der Waals surface area contributed by atoms with Gasteiger partial charge in [0.25, 0.3) is 0 Å². The summed E-state index contributed by atoms with van der Waals surface area (Å²) in [4.78, 5) is 6.54. The van der Waals surface area contributed by atoms with Crippen molar-refractivity contribution in [2.45, 2.75) is 18.4 Å². The van der Waals surface area contributed by atoms with Crippen LogP contribution >= 0.6 is 0 Å². The topological polar surface area (TPSA) is 58.4 Å². The molecule has 0 aliphatic carbocycles. The van der Waals surface area contributed by atoms with Gasteiger partial charge in [-0.15, -0.1) is 0 Å². The molecule has 5 heteroatoms. The average molecular weight is 259 g/mol. The van der Waals surface area contributed by atoms with E-state index in [1.54, 1.807) is 12.3 Å². The Hall–Kier alpha value is -1.64. The second-order valence-electron chi connectivity index (χ2n) is 5.05. The van der Waals surface area contributed by atoms with Crippen molar-refractivity contribution in [2.75, 3.05) is 37.8 Å². The molecule has 3 heterocycles. The van der Waals surface area contributed by atoms with Crippen molar-refractivity contribution in [2.24, 2.45) is 0 Å². The predicted octanol–water partition coefficient (Wildman–Crippen LogP) is 1.34. The number of aromatic nitrogens is 1. The average Bonchev–Trinajstić information content (AvgIpc) is 2.48. The van der Waals surface area contributed by atoms with E-state index in [9.17, 15) is 5.26 Å². The first-order chi connectivity index (χ1) is 9.33. The molecular weight excluding hydrogens is 242 g/mol. The molecule has 19 heavy (non-hydrogen) atoms. The van der Waals surface area contributed by atoms with Crippen LogP contribution in [0.1, 0.15) is 18.4 Å². The van der Waals surface area contributed by atoms with E-state index in [4.69, 9.17) is 9.47 Å². The Kier molecular flexibility index (Phi) is 3.36. The van der Waals surface area contributed by atoms with Gasteiger partial charge in [-0.3, -0.25) is 0 Å². The molecule has 1 aromatic rings. The van der Waals surface area contributed by atoms with E-state index in [1.165, 1.54) is 0 Å². The van der Waals surface area contributed by atoms with Gasteiger partial charge < -0.3 is 14.4 Å². The highest BCUT2D eigenvalue weighted by atomic mass is 16.5. The van der Waals surface area contributed by atoms with Crippen molar-refractivity contribution in [3.63, 3.8) is 0 Å². The van der Waals surface area contributed by atoms with Crippen molar-refractivity contribution < 1.29 is 9.47 Å². The molecule has 0 atom stereocenters. The van der Waals surface area contributed by atoms with E-state index in [-0.39, 0.29) is 5.60 Å². The Morgan fingerprint density at radius 2 is 2.16 bits per heavy atom. The fourth-order valence-electron chi connectivity index (χ4n) is 2.81. The highest BCUT2D eigenvalue weighted by Crippen LogP contribution is 2.31. The maximum absolute atomic E-state index is 9.18. The summed E-state index contributed by atoms with van der Waals surface area (Å²) in [5.41, 5.74) is 0.507. The van der Waals surface area contributed by atoms with Crippen LogP contribution in [0, 0.1) is 11.3 Å². The van der Waals surface area contributed by atoms with Crippen molar-refractivity contribution in [1.29, 1.82) is 5.26 Å². The second-order valence-corrected chi connectivity index (χ2v) is 5.05. The second kappa shape index (κ2) is 5.16. The van der Waals surface area contributed by atoms with Gasteiger partial charge in [-0.2, -0.15) is 5.26 Å². The number of hydrogen-bond donors (Lipinski definition) is 0. The van der Waals surface area contributed by atoms with Crippen molar-refractivity contribution in [3.8, 4) is 6.07 Å². The van der Waals surface area contributed by atoms with Crippen LogP contribution in [0.15, 0.2) is 18.3 Å². The lowest BCUT2D eigenvalue weighted by atomic mass is 9.92. The zero-order chi connectivity index (χ0) is 13.1. The maximum atomic E-state index is 9.18. The SMILES string of the molecule is N#Cc1cccnc1N1CCOC2(CCOCC2)C1. The van der Waals surface area contributed by atoms with E-state index in [1.807, 2.05) is 6.07 Å². The molecule has 0 amide bonds. The molecule has 100 valence electrons. The summed E-state index contributed by atoms with van der Waals surface area (Å²) in [6.45, 7) is 3.76. The summed E-state index contributed by atoms with van der Waals surface area (Å²) in [5.74, 6) is 0.777. The Balaban J connectivity index is 1.83. The van der Waals surface area contributed by atoms with Gasteiger partial charge in [0.1, 0.15) is 11.9 Å². The van der Waals surface area contributed by atoms with Crippen LogP contribution in [0.3, 0.4) is 0 Å². The molecule has 0 unspecified atom stereocenters. The molecule has 0 bridgehead atoms. The number of nitriles is 1. The zero-order valence-electron chi connectivity index (χ0n) is 10.8. The Bertz CT molecular complexity index is 486. The number of ether oxygens (including phenoxy) is 2. The fraction of sp³-hybridized carbons (Fsp3) is 0.571. The van der Waals surface area contributed by atoms with Gasteiger partial charge in [0.15, 0.2) is 0 Å². The summed E-state index contributed by atoms with van der Waals surface area (Å²) in [5, 5.41) is 9.18. The van der Waals surface area contributed by atoms with Crippen LogP contribution < -0.4 is 4.90 Å². The summed E-state index contributed by atoms with van der Waals surface area (Å²) in [6.07, 6.45) is 3.57. The fourth-order valence-corrected chi connectivity index (χ4v) is 2.81. The molecular formula is C14H17N3O2. The van der Waals surface area contributed by atoms with E-state index < -0.39 is 0 Å². The molecule has 0 aromatic carbocycles. The van der Waals surface area contributed by atoms with Crippen molar-refractivity contribution in [1.82, 2.24) is 4.98 Å². The summed E-state index contributed by atoms with van der Waals surface area (Å²) in [7, 11) is 0. The molecule has 0 N–H and O–H groups in total. The van der Waals surface area contributed by atoms with E-state index in [0.717, 1.165) is 45.0 Å². The van der Waals surface area contributed by atoms with Gasteiger partial charge in [0, 0.05) is 45.3 Å². The van der Waals surface area contributed by atoms with Crippen LogP contribution in [0.2, 0.25) is 0 Å². The summed E-state index contributed by atoms with van der Waals surface area (Å²) >= 11 is 0. The number of pyridine rings is 1. The summed E-state index contributed by atoms with van der Waals surface area (Å²) < 4.78 is 11.4. The molecule has 0 saturated carbocycles. The van der Waals surface area contributed by atoms with Gasteiger partial charge in [0.2, 0.25) is 0 Å². The van der Waals surface area contributed by atoms with Gasteiger partial charge in [-0.05, 0) is 12.1 Å². The molecule has 2 aliphatic heterocycles. The third-order valence-corrected chi connectivity index (χ3v) is 3.86. The molecule has 1 aromatic heterocycles. The van der Waals surface area contributed by atoms with Gasteiger partial charge in [-0.25, -0.2) is 4.98 Å². The molecule has 3 rings (SSSR count). The Morgan fingerprint density at radius 1 is 1.32 bits per heavy atom. The molecule has 5 nitrogen and oxygen atoms in total. The smallest absolute Gasteiger partial charge is 0.146 e. The number of morpholine rings is 1. The zero-order valence-corrected chi connectivity index (χ0v) is 10.8. The lowest BCUT2D eigenvalue weighted by Crippen LogP contribution is -2.54. The number of hydrogen-bond acceptors (Lipinski definition) is 5. The minimum absolute atomic E-state index is 0.124. The normalized spacial score (nSPS) is 22.2. The molecule has 0 radical (unpaired) electrons. The van der Waals surface area contributed by atoms with Crippen molar-refractivity contribution in [3.05, 3.63) is 23.9 Å². The number of nitrogens with zero attached hydrogens (tertiary/aromatic N) is 3. The van der Waals surface area contributed by atoms with Crippen LogP contribution in [-0.2, 0) is 9.47 Å². The number of rotatable bonds is 1. The van der Waals surface area contributed by atoms with Crippen molar-refractivity contribution >= 4 is 5.82 Å². The standard InChI is InChI=1S/C14H17N3O2/c15-10-12-2-1-5-16-13(12)17-6-9-19-14(11-17)3-7-18-8-4-14/h1-2,5H,3-4,6-9,11H2. The quantitative estimate of drug-likeness (QED) is 0.761. The highest BCUT2D eigenvalue weighted by Gasteiger charge is 2.39. The van der Waals surface area contributed by atoms with Gasteiger partial charge in [0.05, 0.1) is 17.8 Å². The minimum atomic E-state index is -0.124. The summed E-state index contributed by atoms with van der Waals surface area (Å²) in [6, 6.07) is 5.83. The van der Waals surface area contributed by atoms with E-state index in [0.29, 0.717) is 12.2 Å². The minimum Gasteiger partial charge on any atom is -0.381 e. The van der Waals surface area contributed by atoms with Gasteiger partial charge >= 0.3 is 0 Å². The first-order valence-electron chi connectivity index (χ1n) is 6.65. The lowest BCUT2D eigenvalue weighted by molar-refractivity contribution is -0.116. The van der Waals surface area contributed by atoms with Crippen LogP contribution in [0.5, 0.6) is 0 Å².